The molecule has 3 nitrogen and oxygen atoms in total. The zero-order valence-corrected chi connectivity index (χ0v) is 18.4. The standard InChI is InChI=1S/C28H27N3/c1-18-14-23(28-24(15-18)25-17-29-12-10-27(25)31(28)3)22-7-5-4-6-21(22)19-8-9-26-20(16-19)11-13-30(26)2/h4-9,11,13-16,29H,10,12,17H2,1-3H3. The first-order chi connectivity index (χ1) is 15.1. The molecule has 0 spiro atoms. The van der Waals surface area contributed by atoms with Crippen molar-refractivity contribution in [1.29, 1.82) is 0 Å². The summed E-state index contributed by atoms with van der Waals surface area (Å²) < 4.78 is 4.62. The van der Waals surface area contributed by atoms with Crippen molar-refractivity contribution >= 4 is 21.8 Å². The molecule has 1 aliphatic rings. The minimum Gasteiger partial charge on any atom is -0.351 e. The highest BCUT2D eigenvalue weighted by molar-refractivity contribution is 6.02. The molecule has 0 amide bonds. The molecule has 0 unspecified atom stereocenters. The fraction of sp³-hybridized carbons (Fsp3) is 0.214. The van der Waals surface area contributed by atoms with Gasteiger partial charge in [0.25, 0.3) is 0 Å². The highest BCUT2D eigenvalue weighted by atomic mass is 15.0. The van der Waals surface area contributed by atoms with Crippen LogP contribution in [0.5, 0.6) is 0 Å². The number of nitrogens with one attached hydrogen (secondary N) is 1. The predicted octanol–water partition coefficient (Wildman–Crippen LogP) is 5.96. The third kappa shape index (κ3) is 2.77. The maximum Gasteiger partial charge on any atom is 0.0563 e. The van der Waals surface area contributed by atoms with Crippen LogP contribution in [0, 0.1) is 6.92 Å². The van der Waals surface area contributed by atoms with Gasteiger partial charge >= 0.3 is 0 Å². The van der Waals surface area contributed by atoms with E-state index in [-0.39, 0.29) is 0 Å². The number of aromatic nitrogens is 2. The summed E-state index contributed by atoms with van der Waals surface area (Å²) in [7, 11) is 4.34. The zero-order chi connectivity index (χ0) is 21.1. The van der Waals surface area contributed by atoms with E-state index in [0.717, 1.165) is 19.5 Å². The number of hydrogen-bond donors (Lipinski definition) is 1. The number of nitrogens with zero attached hydrogens (tertiary/aromatic N) is 2. The van der Waals surface area contributed by atoms with Crippen LogP contribution in [0.1, 0.15) is 16.8 Å². The van der Waals surface area contributed by atoms with Crippen LogP contribution in [0.25, 0.3) is 44.1 Å². The zero-order valence-electron chi connectivity index (χ0n) is 18.4. The maximum atomic E-state index is 3.57. The van der Waals surface area contributed by atoms with Gasteiger partial charge in [-0.1, -0.05) is 30.3 Å². The van der Waals surface area contributed by atoms with Crippen molar-refractivity contribution in [3.05, 3.63) is 83.7 Å². The predicted molar refractivity (Wildman–Crippen MR) is 130 cm³/mol. The van der Waals surface area contributed by atoms with Gasteiger partial charge in [-0.2, -0.15) is 0 Å². The van der Waals surface area contributed by atoms with Gasteiger partial charge in [0.15, 0.2) is 0 Å². The molecule has 5 aromatic rings. The molecule has 6 rings (SSSR count). The molecular weight excluding hydrogens is 378 g/mol. The summed E-state index contributed by atoms with van der Waals surface area (Å²) in [5.74, 6) is 0. The van der Waals surface area contributed by atoms with E-state index < -0.39 is 0 Å². The van der Waals surface area contributed by atoms with Crippen LogP contribution in [0.4, 0.5) is 0 Å². The summed E-state index contributed by atoms with van der Waals surface area (Å²) in [5.41, 5.74) is 12.1. The summed E-state index contributed by atoms with van der Waals surface area (Å²) in [6.07, 6.45) is 3.22. The van der Waals surface area contributed by atoms with Crippen LogP contribution in [-0.2, 0) is 27.1 Å². The molecule has 31 heavy (non-hydrogen) atoms. The quantitative estimate of drug-likeness (QED) is 0.385. The number of benzene rings is 3. The van der Waals surface area contributed by atoms with E-state index in [4.69, 9.17) is 0 Å². The first-order valence-corrected chi connectivity index (χ1v) is 11.1. The minimum absolute atomic E-state index is 0.960. The molecule has 2 aromatic heterocycles. The van der Waals surface area contributed by atoms with E-state index in [9.17, 15) is 0 Å². The summed E-state index contributed by atoms with van der Waals surface area (Å²) in [6, 6.07) is 22.6. The Hall–Kier alpha value is -3.30. The largest absolute Gasteiger partial charge is 0.351 e. The fourth-order valence-corrected chi connectivity index (χ4v) is 5.42. The van der Waals surface area contributed by atoms with Crippen LogP contribution in [0.15, 0.2) is 66.9 Å². The van der Waals surface area contributed by atoms with Gasteiger partial charge in [0.05, 0.1) is 5.52 Å². The second-order valence-corrected chi connectivity index (χ2v) is 8.87. The SMILES string of the molecule is Cc1cc(-c2ccccc2-c2ccc3c(ccn3C)c2)c2c(c1)c1c(n2C)CCNC1. The Bertz CT molecular complexity index is 1470. The lowest BCUT2D eigenvalue weighted by molar-refractivity contribution is 0.622. The van der Waals surface area contributed by atoms with Crippen molar-refractivity contribution in [2.24, 2.45) is 14.1 Å². The second-order valence-electron chi connectivity index (χ2n) is 8.87. The maximum absolute atomic E-state index is 3.57. The summed E-state index contributed by atoms with van der Waals surface area (Å²) in [6.45, 7) is 4.23. The molecular formula is C28H27N3. The Morgan fingerprint density at radius 1 is 0.871 bits per heavy atom. The van der Waals surface area contributed by atoms with Crippen molar-refractivity contribution in [2.75, 3.05) is 6.54 Å². The van der Waals surface area contributed by atoms with Crippen LogP contribution in [0.2, 0.25) is 0 Å². The molecule has 0 aliphatic carbocycles. The molecule has 3 heterocycles. The van der Waals surface area contributed by atoms with Gasteiger partial charge in [0, 0.05) is 67.3 Å². The first kappa shape index (κ1) is 18.5. The molecule has 0 saturated heterocycles. The molecule has 1 N–H and O–H groups in total. The lowest BCUT2D eigenvalue weighted by atomic mass is 9.91. The highest BCUT2D eigenvalue weighted by Crippen LogP contribution is 2.40. The molecule has 0 saturated carbocycles. The van der Waals surface area contributed by atoms with Crippen molar-refractivity contribution < 1.29 is 0 Å². The minimum atomic E-state index is 0.960. The second kappa shape index (κ2) is 6.86. The third-order valence-electron chi connectivity index (χ3n) is 6.92. The molecule has 1 aliphatic heterocycles. The van der Waals surface area contributed by atoms with Crippen LogP contribution in [0.3, 0.4) is 0 Å². The van der Waals surface area contributed by atoms with Gasteiger partial charge in [0.2, 0.25) is 0 Å². The van der Waals surface area contributed by atoms with Crippen molar-refractivity contribution in [2.45, 2.75) is 19.9 Å². The van der Waals surface area contributed by atoms with Gasteiger partial charge in [-0.15, -0.1) is 0 Å². The Kier molecular flexibility index (Phi) is 4.09. The highest BCUT2D eigenvalue weighted by Gasteiger charge is 2.22. The van der Waals surface area contributed by atoms with Crippen LogP contribution >= 0.6 is 0 Å². The number of hydrogen-bond acceptors (Lipinski definition) is 1. The van der Waals surface area contributed by atoms with E-state index in [0.29, 0.717) is 0 Å². The molecule has 154 valence electrons. The van der Waals surface area contributed by atoms with Gasteiger partial charge in [-0.25, -0.2) is 0 Å². The van der Waals surface area contributed by atoms with Gasteiger partial charge in [-0.05, 0) is 65.1 Å². The molecule has 3 heteroatoms. The normalized spacial score (nSPS) is 13.8. The third-order valence-corrected chi connectivity index (χ3v) is 6.92. The van der Waals surface area contributed by atoms with E-state index >= 15 is 0 Å². The number of aryl methyl sites for hydroxylation is 3. The average molecular weight is 406 g/mol. The van der Waals surface area contributed by atoms with Gasteiger partial charge in [-0.3, -0.25) is 0 Å². The number of fused-ring (bicyclic) bond motifs is 4. The van der Waals surface area contributed by atoms with E-state index in [1.807, 2.05) is 0 Å². The lowest BCUT2D eigenvalue weighted by Gasteiger charge is -2.15. The smallest absolute Gasteiger partial charge is 0.0563 e. The Balaban J connectivity index is 1.63. The van der Waals surface area contributed by atoms with E-state index in [2.05, 4.69) is 102 Å². The van der Waals surface area contributed by atoms with Crippen molar-refractivity contribution in [3.63, 3.8) is 0 Å². The summed E-state index contributed by atoms with van der Waals surface area (Å²) >= 11 is 0. The monoisotopic (exact) mass is 405 g/mol. The lowest BCUT2D eigenvalue weighted by Crippen LogP contribution is -2.24. The van der Waals surface area contributed by atoms with Crippen LogP contribution in [-0.4, -0.2) is 15.7 Å². The number of rotatable bonds is 2. The Morgan fingerprint density at radius 3 is 2.58 bits per heavy atom. The van der Waals surface area contributed by atoms with Gasteiger partial charge in [0.1, 0.15) is 0 Å². The molecule has 0 atom stereocenters. The van der Waals surface area contributed by atoms with Crippen molar-refractivity contribution in [3.8, 4) is 22.3 Å². The first-order valence-electron chi connectivity index (χ1n) is 11.1. The summed E-state index contributed by atoms with van der Waals surface area (Å²) in [5, 5.41) is 6.24. The molecule has 0 fully saturated rings. The average Bonchev–Trinajstić information content (AvgIpc) is 3.31. The van der Waals surface area contributed by atoms with Gasteiger partial charge < -0.3 is 14.5 Å². The molecule has 0 bridgehead atoms. The topological polar surface area (TPSA) is 21.9 Å². The Morgan fingerprint density at radius 2 is 1.71 bits per heavy atom. The van der Waals surface area contributed by atoms with E-state index in [1.54, 1.807) is 0 Å². The fourth-order valence-electron chi connectivity index (χ4n) is 5.42. The molecule has 0 radical (unpaired) electrons. The van der Waals surface area contributed by atoms with Crippen LogP contribution < -0.4 is 5.32 Å². The Labute approximate surface area is 182 Å². The molecule has 3 aromatic carbocycles. The summed E-state index contributed by atoms with van der Waals surface area (Å²) in [4.78, 5) is 0. The van der Waals surface area contributed by atoms with Crippen molar-refractivity contribution in [1.82, 2.24) is 14.5 Å². The van der Waals surface area contributed by atoms with E-state index in [1.165, 1.54) is 60.9 Å².